The summed E-state index contributed by atoms with van der Waals surface area (Å²) in [7, 11) is 0. The van der Waals surface area contributed by atoms with E-state index in [1.807, 2.05) is 23.3 Å². The van der Waals surface area contributed by atoms with Crippen LogP contribution in [0.2, 0.25) is 0 Å². The Morgan fingerprint density at radius 3 is 3.00 bits per heavy atom. The molecule has 2 aromatic rings. The number of aromatic nitrogens is 3. The Morgan fingerprint density at radius 1 is 1.47 bits per heavy atom. The summed E-state index contributed by atoms with van der Waals surface area (Å²) < 4.78 is 2.01. The Bertz CT molecular complexity index is 505. The summed E-state index contributed by atoms with van der Waals surface area (Å²) in [5.41, 5.74) is 6.55. The van der Waals surface area contributed by atoms with Gasteiger partial charge in [0.2, 0.25) is 0 Å². The lowest BCUT2D eigenvalue weighted by atomic mass is 10.3. The first-order valence-corrected chi connectivity index (χ1v) is 7.43. The molecule has 0 spiro atoms. The second kappa shape index (κ2) is 6.79. The number of nitrogens with two attached hydrogens (primary N) is 1. The first-order chi connectivity index (χ1) is 9.22. The largest absolute Gasteiger partial charge is 0.336 e. The predicted octanol–water partition coefficient (Wildman–Crippen LogP) is 1.71. The van der Waals surface area contributed by atoms with E-state index in [4.69, 9.17) is 5.73 Å². The zero-order valence-corrected chi connectivity index (χ0v) is 12.3. The molecule has 0 aliphatic carbocycles. The van der Waals surface area contributed by atoms with Crippen LogP contribution in [-0.2, 0) is 19.5 Å². The lowest BCUT2D eigenvalue weighted by Gasteiger charge is -2.09. The second-order valence-electron chi connectivity index (χ2n) is 4.51. The number of imidazole rings is 1. The molecule has 2 aromatic heterocycles. The quantitative estimate of drug-likeness (QED) is 0.809. The molecule has 0 saturated carbocycles. The van der Waals surface area contributed by atoms with E-state index in [-0.39, 0.29) is 6.04 Å². The molecular weight excluding hydrogens is 258 g/mol. The number of rotatable bonds is 7. The zero-order chi connectivity index (χ0) is 13.7. The molecular formula is C13H21N5S. The van der Waals surface area contributed by atoms with Gasteiger partial charge in [-0.25, -0.2) is 9.97 Å². The van der Waals surface area contributed by atoms with Gasteiger partial charge in [0.05, 0.1) is 18.1 Å². The SMILES string of the molecule is CCc1cnc(C(C)NCc2cn(CCN)cn2)s1. The van der Waals surface area contributed by atoms with Crippen LogP contribution in [0.4, 0.5) is 0 Å². The van der Waals surface area contributed by atoms with Crippen LogP contribution in [0.3, 0.4) is 0 Å². The fourth-order valence-corrected chi connectivity index (χ4v) is 2.68. The van der Waals surface area contributed by atoms with Gasteiger partial charge < -0.3 is 15.6 Å². The number of nitrogens with one attached hydrogen (secondary N) is 1. The van der Waals surface area contributed by atoms with Crippen LogP contribution in [0, 0.1) is 0 Å². The van der Waals surface area contributed by atoms with Crippen LogP contribution in [-0.4, -0.2) is 21.1 Å². The normalized spacial score (nSPS) is 12.8. The molecule has 2 rings (SSSR count). The highest BCUT2D eigenvalue weighted by Crippen LogP contribution is 2.20. The number of aryl methyl sites for hydroxylation is 1. The van der Waals surface area contributed by atoms with Crippen molar-refractivity contribution in [2.75, 3.05) is 6.54 Å². The first kappa shape index (κ1) is 14.2. The number of hydrogen-bond donors (Lipinski definition) is 2. The van der Waals surface area contributed by atoms with Gasteiger partial charge in [0.15, 0.2) is 0 Å². The summed E-state index contributed by atoms with van der Waals surface area (Å²) in [5.74, 6) is 0. The molecule has 0 saturated heterocycles. The van der Waals surface area contributed by atoms with E-state index in [0.717, 1.165) is 30.2 Å². The molecule has 1 atom stereocenters. The molecule has 0 bridgehead atoms. The maximum Gasteiger partial charge on any atom is 0.109 e. The Labute approximate surface area is 117 Å². The Balaban J connectivity index is 1.86. The monoisotopic (exact) mass is 279 g/mol. The van der Waals surface area contributed by atoms with Crippen molar-refractivity contribution in [1.29, 1.82) is 0 Å². The van der Waals surface area contributed by atoms with Crippen LogP contribution in [0.25, 0.3) is 0 Å². The Hall–Kier alpha value is -1.24. The van der Waals surface area contributed by atoms with Crippen molar-refractivity contribution >= 4 is 11.3 Å². The van der Waals surface area contributed by atoms with Crippen molar-refractivity contribution in [3.8, 4) is 0 Å². The fourth-order valence-electron chi connectivity index (χ4n) is 1.80. The summed E-state index contributed by atoms with van der Waals surface area (Å²) in [6, 6.07) is 0.255. The van der Waals surface area contributed by atoms with Crippen molar-refractivity contribution in [3.05, 3.63) is 34.3 Å². The molecule has 6 heteroatoms. The lowest BCUT2D eigenvalue weighted by molar-refractivity contribution is 0.565. The van der Waals surface area contributed by atoms with Crippen molar-refractivity contribution in [2.24, 2.45) is 5.73 Å². The Morgan fingerprint density at radius 2 is 2.32 bits per heavy atom. The van der Waals surface area contributed by atoms with E-state index in [1.165, 1.54) is 4.88 Å². The lowest BCUT2D eigenvalue weighted by Crippen LogP contribution is -2.18. The minimum Gasteiger partial charge on any atom is -0.336 e. The van der Waals surface area contributed by atoms with Crippen molar-refractivity contribution in [2.45, 2.75) is 39.4 Å². The average Bonchev–Trinajstić information content (AvgIpc) is 3.05. The molecule has 5 nitrogen and oxygen atoms in total. The number of nitrogens with zero attached hydrogens (tertiary/aromatic N) is 3. The van der Waals surface area contributed by atoms with E-state index < -0.39 is 0 Å². The summed E-state index contributed by atoms with van der Waals surface area (Å²) in [5, 5.41) is 4.59. The zero-order valence-electron chi connectivity index (χ0n) is 11.5. The standard InChI is InChI=1S/C13H21N5S/c1-3-12-7-16-13(19-12)10(2)15-6-11-8-18(5-4-14)9-17-11/h7-10,15H,3-6,14H2,1-2H3. The van der Waals surface area contributed by atoms with E-state index >= 15 is 0 Å². The van der Waals surface area contributed by atoms with Gasteiger partial charge in [-0.05, 0) is 13.3 Å². The Kier molecular flexibility index (Phi) is 5.07. The van der Waals surface area contributed by atoms with Gasteiger partial charge in [0.1, 0.15) is 5.01 Å². The third kappa shape index (κ3) is 3.86. The van der Waals surface area contributed by atoms with Crippen molar-refractivity contribution < 1.29 is 0 Å². The molecule has 0 amide bonds. The second-order valence-corrected chi connectivity index (χ2v) is 5.66. The summed E-state index contributed by atoms with van der Waals surface area (Å²) >= 11 is 1.77. The third-order valence-electron chi connectivity index (χ3n) is 2.95. The summed E-state index contributed by atoms with van der Waals surface area (Å²) in [6.45, 7) is 6.49. The van der Waals surface area contributed by atoms with Gasteiger partial charge in [-0.1, -0.05) is 6.92 Å². The first-order valence-electron chi connectivity index (χ1n) is 6.61. The molecule has 0 fully saturated rings. The number of thiazole rings is 1. The maximum atomic E-state index is 5.51. The van der Waals surface area contributed by atoms with E-state index in [1.54, 1.807) is 11.3 Å². The molecule has 0 aromatic carbocycles. The highest BCUT2D eigenvalue weighted by Gasteiger charge is 2.10. The van der Waals surface area contributed by atoms with E-state index in [2.05, 4.69) is 29.1 Å². The van der Waals surface area contributed by atoms with Gasteiger partial charge in [0, 0.05) is 36.9 Å². The minimum absolute atomic E-state index is 0.255. The molecule has 3 N–H and O–H groups in total. The number of hydrogen-bond acceptors (Lipinski definition) is 5. The van der Waals surface area contributed by atoms with Gasteiger partial charge >= 0.3 is 0 Å². The van der Waals surface area contributed by atoms with Crippen LogP contribution >= 0.6 is 11.3 Å². The van der Waals surface area contributed by atoms with Gasteiger partial charge in [-0.3, -0.25) is 0 Å². The topological polar surface area (TPSA) is 68.8 Å². The third-order valence-corrected chi connectivity index (χ3v) is 4.28. The van der Waals surface area contributed by atoms with Crippen molar-refractivity contribution in [3.63, 3.8) is 0 Å². The van der Waals surface area contributed by atoms with Crippen LogP contribution in [0.15, 0.2) is 18.7 Å². The molecule has 0 radical (unpaired) electrons. The van der Waals surface area contributed by atoms with Crippen molar-refractivity contribution in [1.82, 2.24) is 19.9 Å². The predicted molar refractivity (Wildman–Crippen MR) is 78.0 cm³/mol. The van der Waals surface area contributed by atoms with Crippen LogP contribution < -0.4 is 11.1 Å². The van der Waals surface area contributed by atoms with Crippen LogP contribution in [0.1, 0.15) is 35.5 Å². The summed E-state index contributed by atoms with van der Waals surface area (Å²) in [4.78, 5) is 10.1. The van der Waals surface area contributed by atoms with Crippen LogP contribution in [0.5, 0.6) is 0 Å². The molecule has 2 heterocycles. The average molecular weight is 279 g/mol. The molecule has 0 aliphatic heterocycles. The summed E-state index contributed by atoms with van der Waals surface area (Å²) in [6.07, 6.45) is 6.88. The highest BCUT2D eigenvalue weighted by atomic mass is 32.1. The smallest absolute Gasteiger partial charge is 0.109 e. The van der Waals surface area contributed by atoms with E-state index in [9.17, 15) is 0 Å². The highest BCUT2D eigenvalue weighted by molar-refractivity contribution is 7.11. The molecule has 19 heavy (non-hydrogen) atoms. The molecule has 1 unspecified atom stereocenters. The fraction of sp³-hybridized carbons (Fsp3) is 0.538. The van der Waals surface area contributed by atoms with E-state index in [0.29, 0.717) is 6.54 Å². The van der Waals surface area contributed by atoms with Gasteiger partial charge in [-0.2, -0.15) is 0 Å². The maximum absolute atomic E-state index is 5.51. The van der Waals surface area contributed by atoms with Gasteiger partial charge in [-0.15, -0.1) is 11.3 Å². The van der Waals surface area contributed by atoms with Gasteiger partial charge in [0.25, 0.3) is 0 Å². The minimum atomic E-state index is 0.255. The molecule has 104 valence electrons. The molecule has 0 aliphatic rings.